The first-order valence-corrected chi connectivity index (χ1v) is 10.5. The minimum Gasteiger partial charge on any atom is -0.480 e. The smallest absolute Gasteiger partial charge is 0.329 e. The van der Waals surface area contributed by atoms with Gasteiger partial charge in [-0.1, -0.05) is 65.2 Å². The van der Waals surface area contributed by atoms with Gasteiger partial charge in [-0.25, -0.2) is 4.79 Å². The number of aliphatic carboxylic acids is 1. The van der Waals surface area contributed by atoms with Gasteiger partial charge in [-0.05, 0) is 25.7 Å². The van der Waals surface area contributed by atoms with Crippen LogP contribution in [0.3, 0.4) is 0 Å². The maximum absolute atomic E-state index is 12.2. The van der Waals surface area contributed by atoms with Crippen molar-refractivity contribution in [2.75, 3.05) is 6.54 Å². The van der Waals surface area contributed by atoms with Crippen molar-refractivity contribution in [3.05, 3.63) is 0 Å². The first-order chi connectivity index (χ1) is 12.9. The first kappa shape index (κ1) is 28.7. The van der Waals surface area contributed by atoms with Crippen LogP contribution in [-0.2, 0) is 9.59 Å². The molecule has 0 aromatic heterocycles. The van der Waals surface area contributed by atoms with Crippen LogP contribution in [0.15, 0.2) is 0 Å². The number of rotatable bonds is 17. The highest BCUT2D eigenvalue weighted by Crippen LogP contribution is 2.19. The molecule has 1 atom stereocenters. The Morgan fingerprint density at radius 3 is 1.96 bits per heavy atom. The van der Waals surface area contributed by atoms with Gasteiger partial charge < -0.3 is 21.5 Å². The summed E-state index contributed by atoms with van der Waals surface area (Å²) in [4.78, 5) is 24.0. The lowest BCUT2D eigenvalue weighted by Crippen LogP contribution is -2.54. The number of amides is 1. The quantitative estimate of drug-likeness (QED) is 0.138. The Hall–Kier alpha value is -1.50. The highest BCUT2D eigenvalue weighted by Gasteiger charge is 2.37. The molecule has 0 spiro atoms. The predicted octanol–water partition coefficient (Wildman–Crippen LogP) is 3.94. The Morgan fingerprint density at radius 2 is 1.50 bits per heavy atom. The second-order valence-electron chi connectivity index (χ2n) is 7.31. The number of carbonyl (C=O) groups excluding carboxylic acids is 1. The molecule has 0 unspecified atom stereocenters. The number of carbonyl (C=O) groups is 2. The molecule has 7 nitrogen and oxygen atoms in total. The van der Waals surface area contributed by atoms with E-state index < -0.39 is 11.5 Å². The lowest BCUT2D eigenvalue weighted by molar-refractivity contribution is -0.148. The number of carboxylic acids is 1. The fraction of sp³-hybridized carbons (Fsp3) is 0.850. The van der Waals surface area contributed by atoms with Crippen molar-refractivity contribution in [2.24, 2.45) is 5.73 Å². The van der Waals surface area contributed by atoms with E-state index in [9.17, 15) is 14.7 Å². The van der Waals surface area contributed by atoms with E-state index >= 15 is 0 Å². The molecule has 6 N–H and O–H groups in total. The number of halogens is 1. The summed E-state index contributed by atoms with van der Waals surface area (Å²) >= 11 is 0. The molecule has 166 valence electrons. The van der Waals surface area contributed by atoms with Crippen LogP contribution in [0.1, 0.15) is 97.3 Å². The third kappa shape index (κ3) is 13.6. The lowest BCUT2D eigenvalue weighted by atomic mass is 9.90. The Bertz CT molecular complexity index is 449. The summed E-state index contributed by atoms with van der Waals surface area (Å²) in [7, 11) is 0. The van der Waals surface area contributed by atoms with E-state index in [0.717, 1.165) is 19.3 Å². The zero-order valence-electron chi connectivity index (χ0n) is 17.6. The van der Waals surface area contributed by atoms with Gasteiger partial charge in [0.15, 0.2) is 5.96 Å². The number of nitrogens with one attached hydrogen (secondary N) is 3. The van der Waals surface area contributed by atoms with E-state index in [4.69, 9.17) is 11.1 Å². The molecule has 28 heavy (non-hydrogen) atoms. The van der Waals surface area contributed by atoms with Gasteiger partial charge in [0.05, 0.1) is 0 Å². The molecule has 0 heterocycles. The largest absolute Gasteiger partial charge is 0.480 e. The molecule has 0 aliphatic heterocycles. The highest BCUT2D eigenvalue weighted by molar-refractivity contribution is 5.87. The Labute approximate surface area is 176 Å². The lowest BCUT2D eigenvalue weighted by Gasteiger charge is -2.29. The summed E-state index contributed by atoms with van der Waals surface area (Å²) in [5, 5.41) is 22.1. The molecule has 0 radical (unpaired) electrons. The summed E-state index contributed by atoms with van der Waals surface area (Å²) in [5.41, 5.74) is 3.98. The molecule has 0 aliphatic carbocycles. The van der Waals surface area contributed by atoms with Gasteiger partial charge in [0.1, 0.15) is 5.54 Å². The molecular weight excluding hydrogens is 380 g/mol. The van der Waals surface area contributed by atoms with Crippen LogP contribution >= 0.6 is 12.4 Å². The van der Waals surface area contributed by atoms with Gasteiger partial charge in [0, 0.05) is 13.0 Å². The van der Waals surface area contributed by atoms with Gasteiger partial charge >= 0.3 is 5.97 Å². The van der Waals surface area contributed by atoms with Crippen molar-refractivity contribution >= 4 is 30.2 Å². The predicted molar refractivity (Wildman–Crippen MR) is 117 cm³/mol. The number of nitrogens with two attached hydrogens (primary N) is 1. The zero-order chi connectivity index (χ0) is 20.5. The third-order valence-electron chi connectivity index (χ3n) is 4.99. The average molecular weight is 421 g/mol. The minimum absolute atomic E-state index is 0. The monoisotopic (exact) mass is 420 g/mol. The van der Waals surface area contributed by atoms with E-state index in [2.05, 4.69) is 17.6 Å². The minimum atomic E-state index is -1.24. The van der Waals surface area contributed by atoms with E-state index in [1.165, 1.54) is 38.5 Å². The molecule has 0 saturated carbocycles. The van der Waals surface area contributed by atoms with Crippen LogP contribution < -0.4 is 16.4 Å². The molecule has 0 aromatic rings. The van der Waals surface area contributed by atoms with Crippen LogP contribution in [-0.4, -0.2) is 35.0 Å². The van der Waals surface area contributed by atoms with Crippen molar-refractivity contribution in [3.8, 4) is 0 Å². The Balaban J connectivity index is 0. The Kier molecular flexibility index (Phi) is 18.0. The summed E-state index contributed by atoms with van der Waals surface area (Å²) in [6, 6.07) is 0. The van der Waals surface area contributed by atoms with E-state index in [1.54, 1.807) is 6.92 Å². The van der Waals surface area contributed by atoms with Crippen molar-refractivity contribution in [3.63, 3.8) is 0 Å². The molecule has 1 amide bonds. The molecule has 0 fully saturated rings. The standard InChI is InChI=1S/C20H40N4O3.ClH/c1-3-5-6-7-8-9-10-11-12-14-17(25)24-20(4-2,18(26)27)15-13-16-23-19(21)22;/h3-16H2,1-2H3,(H,24,25)(H,26,27)(H4,21,22,23);1H/t20-;/m0./s1. The summed E-state index contributed by atoms with van der Waals surface area (Å²) in [6.45, 7) is 4.40. The van der Waals surface area contributed by atoms with Gasteiger partial charge in [0.2, 0.25) is 5.91 Å². The van der Waals surface area contributed by atoms with Gasteiger partial charge in [-0.15, -0.1) is 12.4 Å². The molecule has 0 bridgehead atoms. The summed E-state index contributed by atoms with van der Waals surface area (Å²) in [6.07, 6.45) is 12.1. The van der Waals surface area contributed by atoms with Crippen LogP contribution in [0.5, 0.6) is 0 Å². The summed E-state index contributed by atoms with van der Waals surface area (Å²) in [5.74, 6) is -1.34. The topological polar surface area (TPSA) is 128 Å². The zero-order valence-corrected chi connectivity index (χ0v) is 18.5. The molecule has 0 aromatic carbocycles. The third-order valence-corrected chi connectivity index (χ3v) is 4.99. The van der Waals surface area contributed by atoms with Crippen molar-refractivity contribution < 1.29 is 14.7 Å². The number of carboxylic acid groups (broad SMARTS) is 1. The normalized spacial score (nSPS) is 12.5. The first-order valence-electron chi connectivity index (χ1n) is 10.5. The van der Waals surface area contributed by atoms with Crippen LogP contribution in [0.2, 0.25) is 0 Å². The maximum atomic E-state index is 12.2. The number of guanidine groups is 1. The van der Waals surface area contributed by atoms with Crippen molar-refractivity contribution in [1.29, 1.82) is 5.41 Å². The fourth-order valence-corrected chi connectivity index (χ4v) is 3.18. The van der Waals surface area contributed by atoms with Crippen molar-refractivity contribution in [2.45, 2.75) is 103 Å². The molecule has 0 aliphatic rings. The second kappa shape index (κ2) is 17.6. The van der Waals surface area contributed by atoms with Crippen LogP contribution in [0.25, 0.3) is 0 Å². The molecule has 0 saturated heterocycles. The van der Waals surface area contributed by atoms with E-state index in [0.29, 0.717) is 32.2 Å². The van der Waals surface area contributed by atoms with Gasteiger partial charge in [0.25, 0.3) is 0 Å². The Morgan fingerprint density at radius 1 is 0.964 bits per heavy atom. The van der Waals surface area contributed by atoms with Crippen LogP contribution in [0, 0.1) is 5.41 Å². The van der Waals surface area contributed by atoms with E-state index in [1.807, 2.05) is 0 Å². The second-order valence-corrected chi connectivity index (χ2v) is 7.31. The summed E-state index contributed by atoms with van der Waals surface area (Å²) < 4.78 is 0. The molecular formula is C20H41ClN4O3. The van der Waals surface area contributed by atoms with E-state index in [-0.39, 0.29) is 24.3 Å². The van der Waals surface area contributed by atoms with Crippen LogP contribution in [0.4, 0.5) is 0 Å². The number of unbranched alkanes of at least 4 members (excludes halogenated alkanes) is 8. The van der Waals surface area contributed by atoms with Gasteiger partial charge in [-0.3, -0.25) is 10.2 Å². The molecule has 0 rings (SSSR count). The van der Waals surface area contributed by atoms with Crippen molar-refractivity contribution in [1.82, 2.24) is 10.6 Å². The fourth-order valence-electron chi connectivity index (χ4n) is 3.18. The maximum Gasteiger partial charge on any atom is 0.329 e. The average Bonchev–Trinajstić information content (AvgIpc) is 2.62. The van der Waals surface area contributed by atoms with Gasteiger partial charge in [-0.2, -0.15) is 0 Å². The SMILES string of the molecule is CCCCCCCCCCCC(=O)N[C@@](CC)(CCCNC(=N)N)C(=O)O.Cl. The molecule has 8 heteroatoms. The highest BCUT2D eigenvalue weighted by atomic mass is 35.5. The number of hydrogen-bond acceptors (Lipinski definition) is 3. The number of hydrogen-bond donors (Lipinski definition) is 5.